The van der Waals surface area contributed by atoms with Gasteiger partial charge in [-0.3, -0.25) is 9.59 Å². The zero-order valence-corrected chi connectivity index (χ0v) is 14.3. The predicted octanol–water partition coefficient (Wildman–Crippen LogP) is 3.00. The Bertz CT molecular complexity index is 946. The van der Waals surface area contributed by atoms with Crippen LogP contribution in [0.25, 0.3) is 11.6 Å². The molecule has 0 atom stereocenters. The maximum atomic E-state index is 13.7. The first-order chi connectivity index (χ1) is 11.5. The average molecular weight is 390 g/mol. The van der Waals surface area contributed by atoms with Crippen molar-refractivity contribution in [3.8, 4) is 0 Å². The molecule has 5 nitrogen and oxygen atoms in total. The SMILES string of the molecule is Cc1c(/C=C2\C(=O)Nc3c(Br)cc(F)cc32)[nH]c2c1C(=O)NCC2. The molecule has 0 aliphatic carbocycles. The zero-order chi connectivity index (χ0) is 17.0. The Hall–Kier alpha value is -2.41. The summed E-state index contributed by atoms with van der Waals surface area (Å²) in [7, 11) is 0. The van der Waals surface area contributed by atoms with Gasteiger partial charge in [0, 0.05) is 34.4 Å². The minimum absolute atomic E-state index is 0.111. The number of H-pyrrole nitrogens is 1. The van der Waals surface area contributed by atoms with Crippen molar-refractivity contribution in [2.75, 3.05) is 11.9 Å². The number of halogens is 2. The van der Waals surface area contributed by atoms with Crippen LogP contribution in [0.15, 0.2) is 16.6 Å². The lowest BCUT2D eigenvalue weighted by Gasteiger charge is -2.12. The van der Waals surface area contributed by atoms with Crippen molar-refractivity contribution in [1.82, 2.24) is 10.3 Å². The van der Waals surface area contributed by atoms with E-state index in [-0.39, 0.29) is 11.8 Å². The highest BCUT2D eigenvalue weighted by molar-refractivity contribution is 9.10. The number of fused-ring (bicyclic) bond motifs is 2. The molecule has 1 aromatic heterocycles. The van der Waals surface area contributed by atoms with Gasteiger partial charge < -0.3 is 15.6 Å². The largest absolute Gasteiger partial charge is 0.358 e. The van der Waals surface area contributed by atoms with E-state index in [1.807, 2.05) is 6.92 Å². The van der Waals surface area contributed by atoms with Crippen LogP contribution in [0.3, 0.4) is 0 Å². The normalized spacial score (nSPS) is 17.5. The number of anilines is 1. The average Bonchev–Trinajstić information content (AvgIpc) is 3.00. The molecule has 3 N–H and O–H groups in total. The van der Waals surface area contributed by atoms with Crippen molar-refractivity contribution in [2.45, 2.75) is 13.3 Å². The van der Waals surface area contributed by atoms with Crippen molar-refractivity contribution < 1.29 is 14.0 Å². The molecular formula is C17H13BrFN3O2. The van der Waals surface area contributed by atoms with Crippen LogP contribution in [0, 0.1) is 12.7 Å². The van der Waals surface area contributed by atoms with Gasteiger partial charge in [0.15, 0.2) is 0 Å². The van der Waals surface area contributed by atoms with Gasteiger partial charge in [0.25, 0.3) is 11.8 Å². The van der Waals surface area contributed by atoms with Gasteiger partial charge >= 0.3 is 0 Å². The lowest BCUT2D eigenvalue weighted by atomic mass is 10.0. The number of aromatic nitrogens is 1. The van der Waals surface area contributed by atoms with Crippen LogP contribution in [0.2, 0.25) is 0 Å². The van der Waals surface area contributed by atoms with E-state index >= 15 is 0 Å². The van der Waals surface area contributed by atoms with Crippen molar-refractivity contribution in [2.24, 2.45) is 0 Å². The summed E-state index contributed by atoms with van der Waals surface area (Å²) in [5.74, 6) is -0.836. The number of hydrogen-bond donors (Lipinski definition) is 3. The monoisotopic (exact) mass is 389 g/mol. The summed E-state index contributed by atoms with van der Waals surface area (Å²) in [6.07, 6.45) is 2.39. The lowest BCUT2D eigenvalue weighted by Crippen LogP contribution is -2.31. The molecule has 0 saturated carbocycles. The van der Waals surface area contributed by atoms with Crippen LogP contribution in [0.4, 0.5) is 10.1 Å². The number of rotatable bonds is 1. The van der Waals surface area contributed by atoms with Crippen LogP contribution >= 0.6 is 15.9 Å². The number of aromatic amines is 1. The van der Waals surface area contributed by atoms with E-state index < -0.39 is 5.82 Å². The quantitative estimate of drug-likeness (QED) is 0.655. The second-order valence-corrected chi connectivity index (χ2v) is 6.70. The molecule has 24 heavy (non-hydrogen) atoms. The molecule has 2 aliphatic rings. The summed E-state index contributed by atoms with van der Waals surface area (Å²) in [5, 5.41) is 5.55. The summed E-state index contributed by atoms with van der Waals surface area (Å²) in [5.41, 5.74) is 4.39. The summed E-state index contributed by atoms with van der Waals surface area (Å²) < 4.78 is 14.2. The Labute approximate surface area is 145 Å². The van der Waals surface area contributed by atoms with Gasteiger partial charge in [0.1, 0.15) is 5.82 Å². The Morgan fingerprint density at radius 2 is 2.04 bits per heavy atom. The smallest absolute Gasteiger partial charge is 0.256 e. The number of nitrogens with one attached hydrogen (secondary N) is 3. The molecule has 1 aromatic carbocycles. The Morgan fingerprint density at radius 1 is 1.25 bits per heavy atom. The van der Waals surface area contributed by atoms with Gasteiger partial charge in [-0.1, -0.05) is 0 Å². The first kappa shape index (κ1) is 15.1. The fraction of sp³-hybridized carbons (Fsp3) is 0.176. The van der Waals surface area contributed by atoms with Crippen LogP contribution in [0.5, 0.6) is 0 Å². The Morgan fingerprint density at radius 3 is 2.79 bits per heavy atom. The van der Waals surface area contributed by atoms with Crippen LogP contribution in [-0.2, 0) is 11.2 Å². The maximum absolute atomic E-state index is 13.7. The van der Waals surface area contributed by atoms with E-state index in [1.165, 1.54) is 12.1 Å². The molecule has 0 saturated heterocycles. The molecule has 2 amide bonds. The molecule has 2 aromatic rings. The first-order valence-electron chi connectivity index (χ1n) is 7.48. The molecule has 2 aliphatic heterocycles. The minimum Gasteiger partial charge on any atom is -0.358 e. The minimum atomic E-state index is -0.426. The number of amides is 2. The van der Waals surface area contributed by atoms with Gasteiger partial charge in [0.05, 0.1) is 16.8 Å². The van der Waals surface area contributed by atoms with Crippen molar-refractivity contribution in [1.29, 1.82) is 0 Å². The Kier molecular flexibility index (Phi) is 3.35. The molecule has 0 fully saturated rings. The number of hydrogen-bond acceptors (Lipinski definition) is 2. The number of carbonyl (C=O) groups is 2. The summed E-state index contributed by atoms with van der Waals surface area (Å²) in [6.45, 7) is 2.42. The second-order valence-electron chi connectivity index (χ2n) is 5.85. The predicted molar refractivity (Wildman–Crippen MR) is 92.2 cm³/mol. The van der Waals surface area contributed by atoms with E-state index in [4.69, 9.17) is 0 Å². The molecule has 122 valence electrons. The van der Waals surface area contributed by atoms with Crippen LogP contribution in [-0.4, -0.2) is 23.3 Å². The lowest BCUT2D eigenvalue weighted by molar-refractivity contribution is -0.110. The zero-order valence-electron chi connectivity index (χ0n) is 12.7. The Balaban J connectivity index is 1.87. The standard InChI is InChI=1S/C17H13BrFN3O2/c1-7-13(21-12-2-3-20-17(24)14(7)12)6-10-9-4-8(19)5-11(18)15(9)22-16(10)23/h4-6,21H,2-3H2,1H3,(H,20,24)(H,22,23)/b10-6-. The van der Waals surface area contributed by atoms with E-state index in [0.717, 1.165) is 11.3 Å². The van der Waals surface area contributed by atoms with Crippen LogP contribution < -0.4 is 10.6 Å². The second kappa shape index (κ2) is 5.31. The van der Waals surface area contributed by atoms with Gasteiger partial charge in [-0.05, 0) is 46.6 Å². The molecular weight excluding hydrogens is 377 g/mol. The molecule has 4 rings (SSSR count). The van der Waals surface area contributed by atoms with Crippen molar-refractivity contribution in [3.05, 3.63) is 50.5 Å². The number of benzene rings is 1. The summed E-state index contributed by atoms with van der Waals surface area (Å²) in [4.78, 5) is 27.5. The summed E-state index contributed by atoms with van der Waals surface area (Å²) in [6, 6.07) is 2.64. The third kappa shape index (κ3) is 2.19. The van der Waals surface area contributed by atoms with Gasteiger partial charge in [-0.25, -0.2) is 4.39 Å². The third-order valence-electron chi connectivity index (χ3n) is 4.37. The third-order valence-corrected chi connectivity index (χ3v) is 5.00. The van der Waals surface area contributed by atoms with Gasteiger partial charge in [0.2, 0.25) is 0 Å². The molecule has 0 radical (unpaired) electrons. The maximum Gasteiger partial charge on any atom is 0.256 e. The summed E-state index contributed by atoms with van der Waals surface area (Å²) >= 11 is 3.26. The van der Waals surface area contributed by atoms with E-state index in [2.05, 4.69) is 31.5 Å². The topological polar surface area (TPSA) is 74.0 Å². The van der Waals surface area contributed by atoms with E-state index in [9.17, 15) is 14.0 Å². The molecule has 0 bridgehead atoms. The highest BCUT2D eigenvalue weighted by Gasteiger charge is 2.29. The molecule has 3 heterocycles. The van der Waals surface area contributed by atoms with E-state index in [1.54, 1.807) is 6.08 Å². The highest BCUT2D eigenvalue weighted by atomic mass is 79.9. The van der Waals surface area contributed by atoms with Crippen LogP contribution in [0.1, 0.15) is 32.9 Å². The molecule has 0 spiro atoms. The van der Waals surface area contributed by atoms with Crippen molar-refractivity contribution >= 4 is 45.1 Å². The van der Waals surface area contributed by atoms with E-state index in [0.29, 0.717) is 45.5 Å². The highest BCUT2D eigenvalue weighted by Crippen LogP contribution is 2.39. The molecule has 0 unspecified atom stereocenters. The number of carbonyl (C=O) groups excluding carboxylic acids is 2. The molecule has 7 heteroatoms. The first-order valence-corrected chi connectivity index (χ1v) is 8.27. The fourth-order valence-electron chi connectivity index (χ4n) is 3.21. The van der Waals surface area contributed by atoms with Gasteiger partial charge in [-0.2, -0.15) is 0 Å². The fourth-order valence-corrected chi connectivity index (χ4v) is 3.74. The van der Waals surface area contributed by atoms with Crippen molar-refractivity contribution in [3.63, 3.8) is 0 Å². The van der Waals surface area contributed by atoms with Gasteiger partial charge in [-0.15, -0.1) is 0 Å².